The largest absolute Gasteiger partial charge is 0.481 e. The van der Waals surface area contributed by atoms with Gasteiger partial charge in [0.05, 0.1) is 12.1 Å². The average molecular weight is 261 g/mol. The number of aliphatic carboxylic acids is 1. The fraction of sp³-hybridized carbons (Fsp3) is 0.300. The molecule has 0 saturated carbocycles. The number of carboxylic acids is 1. The first-order valence-corrected chi connectivity index (χ1v) is 5.01. The Hall–Kier alpha value is -1.74. The molecule has 1 heterocycles. The lowest BCUT2D eigenvalue weighted by Gasteiger charge is -2.10. The zero-order valence-electron chi connectivity index (χ0n) is 8.45. The van der Waals surface area contributed by atoms with Gasteiger partial charge in [-0.2, -0.15) is 5.26 Å². The first-order chi connectivity index (χ1) is 7.99. The molecule has 90 valence electrons. The molecule has 0 fully saturated rings. The van der Waals surface area contributed by atoms with E-state index in [4.69, 9.17) is 22.0 Å². The van der Waals surface area contributed by atoms with Crippen molar-refractivity contribution in [3.63, 3.8) is 0 Å². The summed E-state index contributed by atoms with van der Waals surface area (Å²) in [6.45, 7) is 0. The Labute approximate surface area is 100 Å². The van der Waals surface area contributed by atoms with Gasteiger partial charge in [-0.05, 0) is 11.6 Å². The lowest BCUT2D eigenvalue weighted by atomic mass is 10.0. The SMILES string of the molecule is N#Cc1cc(C(F)F)c(CCl)c(CC(=O)O)n1. The van der Waals surface area contributed by atoms with Crippen molar-refractivity contribution < 1.29 is 18.7 Å². The number of hydrogen-bond acceptors (Lipinski definition) is 3. The quantitative estimate of drug-likeness (QED) is 0.843. The van der Waals surface area contributed by atoms with Gasteiger partial charge < -0.3 is 5.11 Å². The molecule has 0 unspecified atom stereocenters. The molecule has 0 aliphatic heterocycles. The second-order valence-corrected chi connectivity index (χ2v) is 3.41. The molecule has 0 radical (unpaired) electrons. The molecular formula is C10H7ClF2N2O2. The summed E-state index contributed by atoms with van der Waals surface area (Å²) in [5.74, 6) is -1.50. The molecule has 1 rings (SSSR count). The molecule has 1 aromatic rings. The molecule has 0 bridgehead atoms. The molecule has 0 amide bonds. The van der Waals surface area contributed by atoms with Crippen LogP contribution in [0.25, 0.3) is 0 Å². The fourth-order valence-electron chi connectivity index (χ4n) is 1.34. The van der Waals surface area contributed by atoms with E-state index in [1.54, 1.807) is 6.07 Å². The van der Waals surface area contributed by atoms with Crippen LogP contribution in [0.2, 0.25) is 0 Å². The topological polar surface area (TPSA) is 74.0 Å². The zero-order chi connectivity index (χ0) is 13.0. The minimum atomic E-state index is -2.83. The van der Waals surface area contributed by atoms with Crippen molar-refractivity contribution in [2.45, 2.75) is 18.7 Å². The van der Waals surface area contributed by atoms with Crippen molar-refractivity contribution in [1.29, 1.82) is 5.26 Å². The van der Waals surface area contributed by atoms with Gasteiger partial charge in [-0.3, -0.25) is 4.79 Å². The van der Waals surface area contributed by atoms with Gasteiger partial charge in [0.15, 0.2) is 0 Å². The number of rotatable bonds is 4. The van der Waals surface area contributed by atoms with Crippen LogP contribution in [0.1, 0.15) is 28.9 Å². The number of carboxylic acid groups (broad SMARTS) is 1. The van der Waals surface area contributed by atoms with Crippen LogP contribution in [0.4, 0.5) is 8.78 Å². The van der Waals surface area contributed by atoms with Gasteiger partial charge in [-0.15, -0.1) is 11.6 Å². The number of pyridine rings is 1. The molecule has 1 N–H and O–H groups in total. The van der Waals surface area contributed by atoms with Crippen molar-refractivity contribution in [2.75, 3.05) is 0 Å². The summed E-state index contributed by atoms with van der Waals surface area (Å²) < 4.78 is 25.4. The number of hydrogen-bond donors (Lipinski definition) is 1. The molecule has 0 saturated heterocycles. The highest BCUT2D eigenvalue weighted by molar-refractivity contribution is 6.17. The predicted octanol–water partition coefficient (Wildman–Crippen LogP) is 2.26. The Morgan fingerprint density at radius 2 is 2.29 bits per heavy atom. The Morgan fingerprint density at radius 3 is 2.71 bits per heavy atom. The van der Waals surface area contributed by atoms with Crippen LogP contribution in [0, 0.1) is 11.3 Å². The van der Waals surface area contributed by atoms with E-state index in [-0.39, 0.29) is 22.8 Å². The van der Waals surface area contributed by atoms with E-state index < -0.39 is 24.4 Å². The molecular weight excluding hydrogens is 254 g/mol. The first-order valence-electron chi connectivity index (χ1n) is 4.48. The van der Waals surface area contributed by atoms with Gasteiger partial charge in [-0.1, -0.05) is 0 Å². The molecule has 0 atom stereocenters. The maximum atomic E-state index is 12.7. The van der Waals surface area contributed by atoms with E-state index in [9.17, 15) is 13.6 Å². The standard InChI is InChI=1S/C10H7ClF2N2O2/c11-3-7-6(10(12)13)1-5(4-14)15-8(7)2-9(16)17/h1,10H,2-3H2,(H,16,17). The summed E-state index contributed by atoms with van der Waals surface area (Å²) in [6.07, 6.45) is -3.37. The smallest absolute Gasteiger partial charge is 0.309 e. The number of halogens is 3. The third kappa shape index (κ3) is 3.11. The molecule has 17 heavy (non-hydrogen) atoms. The Bertz CT molecular complexity index is 486. The van der Waals surface area contributed by atoms with Crippen molar-refractivity contribution in [3.05, 3.63) is 28.6 Å². The Kier molecular flexibility index (Phi) is 4.35. The monoisotopic (exact) mass is 260 g/mol. The van der Waals surface area contributed by atoms with Crippen LogP contribution in [-0.4, -0.2) is 16.1 Å². The van der Waals surface area contributed by atoms with Crippen molar-refractivity contribution >= 4 is 17.6 Å². The number of nitriles is 1. The van der Waals surface area contributed by atoms with Gasteiger partial charge in [-0.25, -0.2) is 13.8 Å². The summed E-state index contributed by atoms with van der Waals surface area (Å²) >= 11 is 5.51. The summed E-state index contributed by atoms with van der Waals surface area (Å²) in [6, 6.07) is 2.53. The van der Waals surface area contributed by atoms with Gasteiger partial charge in [0.1, 0.15) is 11.8 Å². The van der Waals surface area contributed by atoms with Crippen LogP contribution in [0.5, 0.6) is 0 Å². The lowest BCUT2D eigenvalue weighted by molar-refractivity contribution is -0.136. The second kappa shape index (κ2) is 5.55. The molecule has 0 aromatic carbocycles. The maximum absolute atomic E-state index is 12.7. The maximum Gasteiger partial charge on any atom is 0.309 e. The number of nitrogens with zero attached hydrogens (tertiary/aromatic N) is 2. The summed E-state index contributed by atoms with van der Waals surface area (Å²) in [4.78, 5) is 14.2. The van der Waals surface area contributed by atoms with Crippen LogP contribution in [-0.2, 0) is 17.1 Å². The molecule has 0 aliphatic carbocycles. The highest BCUT2D eigenvalue weighted by atomic mass is 35.5. The lowest BCUT2D eigenvalue weighted by Crippen LogP contribution is -2.09. The van der Waals surface area contributed by atoms with E-state index in [2.05, 4.69) is 4.98 Å². The van der Waals surface area contributed by atoms with Crippen LogP contribution >= 0.6 is 11.6 Å². The molecule has 0 aliphatic rings. The normalized spacial score (nSPS) is 10.3. The first kappa shape index (κ1) is 13.3. The van der Waals surface area contributed by atoms with Crippen molar-refractivity contribution in [2.24, 2.45) is 0 Å². The van der Waals surface area contributed by atoms with Gasteiger partial charge in [0, 0.05) is 11.4 Å². The molecule has 1 aromatic heterocycles. The average Bonchev–Trinajstić information content (AvgIpc) is 2.26. The van der Waals surface area contributed by atoms with E-state index in [1.165, 1.54) is 0 Å². The van der Waals surface area contributed by atoms with Gasteiger partial charge >= 0.3 is 5.97 Å². The minimum Gasteiger partial charge on any atom is -0.481 e. The summed E-state index contributed by atoms with van der Waals surface area (Å²) in [7, 11) is 0. The summed E-state index contributed by atoms with van der Waals surface area (Å²) in [5.41, 5.74) is -0.807. The fourth-order valence-corrected chi connectivity index (χ4v) is 1.65. The highest BCUT2D eigenvalue weighted by Gasteiger charge is 2.20. The third-order valence-electron chi connectivity index (χ3n) is 2.05. The van der Waals surface area contributed by atoms with Crippen LogP contribution < -0.4 is 0 Å². The number of aromatic nitrogens is 1. The Balaban J connectivity index is 3.40. The van der Waals surface area contributed by atoms with Crippen molar-refractivity contribution in [1.82, 2.24) is 4.98 Å². The van der Waals surface area contributed by atoms with E-state index in [0.717, 1.165) is 6.07 Å². The van der Waals surface area contributed by atoms with E-state index in [1.807, 2.05) is 0 Å². The molecule has 7 heteroatoms. The Morgan fingerprint density at radius 1 is 1.65 bits per heavy atom. The minimum absolute atomic E-state index is 0.0249. The third-order valence-corrected chi connectivity index (χ3v) is 2.31. The molecule has 4 nitrogen and oxygen atoms in total. The van der Waals surface area contributed by atoms with Crippen molar-refractivity contribution in [3.8, 4) is 6.07 Å². The van der Waals surface area contributed by atoms with Gasteiger partial charge in [0.25, 0.3) is 6.43 Å². The van der Waals surface area contributed by atoms with E-state index >= 15 is 0 Å². The molecule has 0 spiro atoms. The van der Waals surface area contributed by atoms with Crippen LogP contribution in [0.15, 0.2) is 6.07 Å². The van der Waals surface area contributed by atoms with E-state index in [0.29, 0.717) is 0 Å². The highest BCUT2D eigenvalue weighted by Crippen LogP contribution is 2.27. The van der Waals surface area contributed by atoms with Gasteiger partial charge in [0.2, 0.25) is 0 Å². The zero-order valence-corrected chi connectivity index (χ0v) is 9.21. The number of alkyl halides is 3. The van der Waals surface area contributed by atoms with Crippen LogP contribution in [0.3, 0.4) is 0 Å². The predicted molar refractivity (Wildman–Crippen MR) is 54.8 cm³/mol. The second-order valence-electron chi connectivity index (χ2n) is 3.14. The summed E-state index contributed by atoms with van der Waals surface area (Å²) in [5, 5.41) is 17.3. The number of carbonyl (C=O) groups is 1.